The second-order valence-corrected chi connectivity index (χ2v) is 6.37. The third kappa shape index (κ3) is 3.70. The third-order valence-electron chi connectivity index (χ3n) is 4.34. The Kier molecular flexibility index (Phi) is 5.23. The maximum absolute atomic E-state index is 12.8. The van der Waals surface area contributed by atoms with Crippen molar-refractivity contribution in [1.82, 2.24) is 0 Å². The largest absolute Gasteiger partial charge is 0.478 e. The van der Waals surface area contributed by atoms with Gasteiger partial charge in [0.1, 0.15) is 12.3 Å². The van der Waals surface area contributed by atoms with Gasteiger partial charge in [0.05, 0.1) is 5.69 Å². The SMILES string of the molecule is CCC1Oc2ccc(C(C)N)cc2N(CC(=O)Nc2ccccc2)C1=O. The topological polar surface area (TPSA) is 84.7 Å². The summed E-state index contributed by atoms with van der Waals surface area (Å²) in [4.78, 5) is 26.7. The number of nitrogens with zero attached hydrogens (tertiary/aromatic N) is 1. The highest BCUT2D eigenvalue weighted by Gasteiger charge is 2.34. The lowest BCUT2D eigenvalue weighted by atomic mass is 10.0. The molecule has 0 radical (unpaired) electrons. The van der Waals surface area contributed by atoms with Gasteiger partial charge in [0, 0.05) is 11.7 Å². The molecule has 1 aliphatic heterocycles. The van der Waals surface area contributed by atoms with Crippen LogP contribution in [0.15, 0.2) is 48.5 Å². The van der Waals surface area contributed by atoms with Gasteiger partial charge in [-0.25, -0.2) is 0 Å². The van der Waals surface area contributed by atoms with E-state index in [-0.39, 0.29) is 24.4 Å². The van der Waals surface area contributed by atoms with Crippen molar-refractivity contribution in [2.75, 3.05) is 16.8 Å². The van der Waals surface area contributed by atoms with Crippen LogP contribution in [0.3, 0.4) is 0 Å². The fraction of sp³-hybridized carbons (Fsp3) is 0.300. The van der Waals surface area contributed by atoms with E-state index < -0.39 is 6.10 Å². The Morgan fingerprint density at radius 3 is 2.65 bits per heavy atom. The summed E-state index contributed by atoms with van der Waals surface area (Å²) < 4.78 is 5.79. The molecule has 2 aromatic carbocycles. The molecule has 1 heterocycles. The smallest absolute Gasteiger partial charge is 0.268 e. The van der Waals surface area contributed by atoms with Crippen molar-refractivity contribution in [3.05, 3.63) is 54.1 Å². The molecular weight excluding hydrogens is 330 g/mol. The van der Waals surface area contributed by atoms with E-state index in [1.165, 1.54) is 4.90 Å². The second kappa shape index (κ2) is 7.58. The van der Waals surface area contributed by atoms with E-state index in [9.17, 15) is 9.59 Å². The zero-order chi connectivity index (χ0) is 18.7. The van der Waals surface area contributed by atoms with Gasteiger partial charge in [-0.3, -0.25) is 14.5 Å². The summed E-state index contributed by atoms with van der Waals surface area (Å²) in [5, 5.41) is 2.81. The summed E-state index contributed by atoms with van der Waals surface area (Å²) in [6, 6.07) is 14.5. The van der Waals surface area contributed by atoms with E-state index in [2.05, 4.69) is 5.32 Å². The van der Waals surface area contributed by atoms with E-state index in [1.807, 2.05) is 50.2 Å². The van der Waals surface area contributed by atoms with Gasteiger partial charge in [-0.1, -0.05) is 31.2 Å². The van der Waals surface area contributed by atoms with Gasteiger partial charge >= 0.3 is 0 Å². The molecule has 0 spiro atoms. The molecule has 0 bridgehead atoms. The highest BCUT2D eigenvalue weighted by molar-refractivity contribution is 6.06. The van der Waals surface area contributed by atoms with Gasteiger partial charge in [-0.05, 0) is 43.2 Å². The highest BCUT2D eigenvalue weighted by atomic mass is 16.5. The van der Waals surface area contributed by atoms with Gasteiger partial charge in [0.2, 0.25) is 5.91 Å². The van der Waals surface area contributed by atoms with Crippen LogP contribution in [0.4, 0.5) is 11.4 Å². The molecule has 0 aromatic heterocycles. The quantitative estimate of drug-likeness (QED) is 0.866. The van der Waals surface area contributed by atoms with Gasteiger partial charge in [-0.15, -0.1) is 0 Å². The monoisotopic (exact) mass is 353 g/mol. The normalized spacial score (nSPS) is 17.3. The van der Waals surface area contributed by atoms with Crippen molar-refractivity contribution in [2.45, 2.75) is 32.4 Å². The molecule has 3 rings (SSSR count). The molecule has 0 saturated carbocycles. The molecule has 6 heteroatoms. The Labute approximate surface area is 152 Å². The van der Waals surface area contributed by atoms with Crippen LogP contribution in [-0.4, -0.2) is 24.5 Å². The van der Waals surface area contributed by atoms with Crippen LogP contribution in [0.1, 0.15) is 31.9 Å². The number of anilines is 2. The predicted molar refractivity (Wildman–Crippen MR) is 101 cm³/mol. The van der Waals surface area contributed by atoms with Crippen LogP contribution < -0.4 is 20.7 Å². The lowest BCUT2D eigenvalue weighted by Crippen LogP contribution is -2.48. The summed E-state index contributed by atoms with van der Waals surface area (Å²) in [5.41, 5.74) is 8.11. The van der Waals surface area contributed by atoms with E-state index in [1.54, 1.807) is 12.1 Å². The fourth-order valence-electron chi connectivity index (χ4n) is 2.91. The van der Waals surface area contributed by atoms with Crippen LogP contribution in [0.5, 0.6) is 5.75 Å². The van der Waals surface area contributed by atoms with Gasteiger partial charge in [0.15, 0.2) is 6.10 Å². The first-order chi connectivity index (χ1) is 12.5. The van der Waals surface area contributed by atoms with Gasteiger partial charge in [0.25, 0.3) is 5.91 Å². The van der Waals surface area contributed by atoms with Crippen LogP contribution >= 0.6 is 0 Å². The molecule has 2 atom stereocenters. The number of rotatable bonds is 5. The fourth-order valence-corrected chi connectivity index (χ4v) is 2.91. The maximum Gasteiger partial charge on any atom is 0.268 e. The molecule has 2 unspecified atom stereocenters. The van der Waals surface area contributed by atoms with Crippen LogP contribution in [-0.2, 0) is 9.59 Å². The van der Waals surface area contributed by atoms with Crippen molar-refractivity contribution < 1.29 is 14.3 Å². The zero-order valence-electron chi connectivity index (χ0n) is 14.9. The average molecular weight is 353 g/mol. The number of hydrogen-bond donors (Lipinski definition) is 2. The molecule has 1 aliphatic rings. The van der Waals surface area contributed by atoms with E-state index in [4.69, 9.17) is 10.5 Å². The van der Waals surface area contributed by atoms with E-state index in [0.29, 0.717) is 23.5 Å². The summed E-state index contributed by atoms with van der Waals surface area (Å²) in [5.74, 6) is 0.108. The number of carbonyl (C=O) groups excluding carboxylic acids is 2. The Morgan fingerprint density at radius 1 is 1.27 bits per heavy atom. The highest BCUT2D eigenvalue weighted by Crippen LogP contribution is 2.36. The Balaban J connectivity index is 1.87. The Morgan fingerprint density at radius 2 is 2.00 bits per heavy atom. The van der Waals surface area contributed by atoms with Crippen molar-refractivity contribution in [3.63, 3.8) is 0 Å². The maximum atomic E-state index is 12.8. The Hall–Kier alpha value is -2.86. The number of benzene rings is 2. The molecule has 3 N–H and O–H groups in total. The molecule has 6 nitrogen and oxygen atoms in total. The summed E-state index contributed by atoms with van der Waals surface area (Å²) in [6.45, 7) is 3.67. The van der Waals surface area contributed by atoms with E-state index >= 15 is 0 Å². The standard InChI is InChI=1S/C20H23N3O3/c1-3-17-20(25)23(12-19(24)22-15-7-5-4-6-8-15)16-11-14(13(2)21)9-10-18(16)26-17/h4-11,13,17H,3,12,21H2,1-2H3,(H,22,24). The average Bonchev–Trinajstić information content (AvgIpc) is 2.64. The summed E-state index contributed by atoms with van der Waals surface area (Å²) in [6.07, 6.45) is -0.0578. The number of amides is 2. The molecule has 0 saturated heterocycles. The predicted octanol–water partition coefficient (Wildman–Crippen LogP) is 2.85. The molecule has 136 valence electrons. The first-order valence-electron chi connectivity index (χ1n) is 8.72. The Bertz CT molecular complexity index is 805. The van der Waals surface area contributed by atoms with Gasteiger partial charge < -0.3 is 15.8 Å². The number of carbonyl (C=O) groups is 2. The number of fused-ring (bicyclic) bond motifs is 1. The molecular formula is C20H23N3O3. The summed E-state index contributed by atoms with van der Waals surface area (Å²) in [7, 11) is 0. The van der Waals surface area contributed by atoms with Crippen LogP contribution in [0.2, 0.25) is 0 Å². The first kappa shape index (κ1) is 17.9. The lowest BCUT2D eigenvalue weighted by Gasteiger charge is -2.34. The van der Waals surface area contributed by atoms with Crippen LogP contribution in [0.25, 0.3) is 0 Å². The minimum Gasteiger partial charge on any atom is -0.478 e. The first-order valence-corrected chi connectivity index (χ1v) is 8.72. The minimum atomic E-state index is -0.590. The number of ether oxygens (including phenoxy) is 1. The van der Waals surface area contributed by atoms with Crippen molar-refractivity contribution in [1.29, 1.82) is 0 Å². The summed E-state index contributed by atoms with van der Waals surface area (Å²) >= 11 is 0. The van der Waals surface area contributed by atoms with Crippen molar-refractivity contribution in [2.24, 2.45) is 5.73 Å². The molecule has 26 heavy (non-hydrogen) atoms. The third-order valence-corrected chi connectivity index (χ3v) is 4.34. The molecule has 0 aliphatic carbocycles. The van der Waals surface area contributed by atoms with Crippen LogP contribution in [0, 0.1) is 0 Å². The minimum absolute atomic E-state index is 0.0804. The number of para-hydroxylation sites is 1. The molecule has 0 fully saturated rings. The number of nitrogens with two attached hydrogens (primary N) is 1. The molecule has 2 amide bonds. The lowest BCUT2D eigenvalue weighted by molar-refractivity contribution is -0.128. The number of nitrogens with one attached hydrogen (secondary N) is 1. The van der Waals surface area contributed by atoms with Gasteiger partial charge in [-0.2, -0.15) is 0 Å². The van der Waals surface area contributed by atoms with Crippen molar-refractivity contribution >= 4 is 23.2 Å². The van der Waals surface area contributed by atoms with Crippen molar-refractivity contribution in [3.8, 4) is 5.75 Å². The second-order valence-electron chi connectivity index (χ2n) is 6.37. The van der Waals surface area contributed by atoms with E-state index in [0.717, 1.165) is 5.56 Å². The zero-order valence-corrected chi connectivity index (χ0v) is 14.9. The molecule has 2 aromatic rings. The number of hydrogen-bond acceptors (Lipinski definition) is 4.